The predicted molar refractivity (Wildman–Crippen MR) is 104 cm³/mol. The van der Waals surface area contributed by atoms with Gasteiger partial charge in [-0.1, -0.05) is 29.8 Å². The van der Waals surface area contributed by atoms with Crippen LogP contribution in [-0.4, -0.2) is 52.9 Å². The minimum Gasteiger partial charge on any atom is -0.351 e. The smallest absolute Gasteiger partial charge is 0.237 e. The van der Waals surface area contributed by atoms with Crippen molar-refractivity contribution < 1.29 is 4.79 Å². The Morgan fingerprint density at radius 3 is 2.54 bits per heavy atom. The normalized spacial score (nSPS) is 17.0. The standard InChI is InChI=1S/C20H25ClN4O/c1-16(20(26)23-14-17-5-7-18(21)8-6-17)25-12-10-24(11-13-25)15-19-4-2-3-9-22-19/h2-9,16H,10-15H2,1H3,(H,23,26). The second-order valence-electron chi connectivity index (χ2n) is 6.65. The van der Waals surface area contributed by atoms with Crippen molar-refractivity contribution in [1.29, 1.82) is 0 Å². The average Bonchev–Trinajstić information content (AvgIpc) is 2.68. The van der Waals surface area contributed by atoms with E-state index in [2.05, 4.69) is 26.2 Å². The summed E-state index contributed by atoms with van der Waals surface area (Å²) in [5, 5.41) is 3.72. The fourth-order valence-corrected chi connectivity index (χ4v) is 3.26. The Morgan fingerprint density at radius 1 is 1.15 bits per heavy atom. The van der Waals surface area contributed by atoms with Gasteiger partial charge in [0.25, 0.3) is 0 Å². The van der Waals surface area contributed by atoms with Crippen LogP contribution in [0.5, 0.6) is 0 Å². The molecule has 5 nitrogen and oxygen atoms in total. The lowest BCUT2D eigenvalue weighted by Crippen LogP contribution is -2.53. The Balaban J connectivity index is 1.43. The number of pyridine rings is 1. The van der Waals surface area contributed by atoms with Gasteiger partial charge in [-0.05, 0) is 36.8 Å². The molecule has 0 spiro atoms. The molecule has 138 valence electrons. The first kappa shape index (κ1) is 18.8. The number of aromatic nitrogens is 1. The zero-order valence-electron chi connectivity index (χ0n) is 15.1. The Morgan fingerprint density at radius 2 is 1.88 bits per heavy atom. The van der Waals surface area contributed by atoms with Crippen LogP contribution in [0.3, 0.4) is 0 Å². The summed E-state index contributed by atoms with van der Waals surface area (Å²) >= 11 is 5.89. The Kier molecular flexibility index (Phi) is 6.61. The number of piperazine rings is 1. The number of carbonyl (C=O) groups excluding carboxylic acids is 1. The number of hydrogen-bond donors (Lipinski definition) is 1. The number of carbonyl (C=O) groups is 1. The highest BCUT2D eigenvalue weighted by atomic mass is 35.5. The van der Waals surface area contributed by atoms with E-state index in [1.165, 1.54) is 0 Å². The minimum atomic E-state index is -0.126. The van der Waals surface area contributed by atoms with Crippen LogP contribution in [0.2, 0.25) is 5.02 Å². The SMILES string of the molecule is CC(C(=O)NCc1ccc(Cl)cc1)N1CCN(Cc2ccccn2)CC1. The molecule has 3 rings (SSSR count). The molecular formula is C20H25ClN4O. The number of nitrogens with one attached hydrogen (secondary N) is 1. The van der Waals surface area contributed by atoms with Crippen molar-refractivity contribution in [2.24, 2.45) is 0 Å². The van der Waals surface area contributed by atoms with Crippen molar-refractivity contribution in [1.82, 2.24) is 20.1 Å². The van der Waals surface area contributed by atoms with Gasteiger partial charge < -0.3 is 5.32 Å². The van der Waals surface area contributed by atoms with E-state index in [1.54, 1.807) is 0 Å². The number of halogens is 1. The summed E-state index contributed by atoms with van der Waals surface area (Å²) < 4.78 is 0. The van der Waals surface area contributed by atoms with Gasteiger partial charge in [0.05, 0.1) is 11.7 Å². The fraction of sp³-hybridized carbons (Fsp3) is 0.400. The van der Waals surface area contributed by atoms with E-state index in [0.29, 0.717) is 11.6 Å². The fourth-order valence-electron chi connectivity index (χ4n) is 3.13. The second kappa shape index (κ2) is 9.12. The first-order chi connectivity index (χ1) is 12.6. The molecule has 2 heterocycles. The summed E-state index contributed by atoms with van der Waals surface area (Å²) in [6.07, 6.45) is 1.83. The quantitative estimate of drug-likeness (QED) is 0.846. The molecule has 1 aliphatic heterocycles. The average molecular weight is 373 g/mol. The van der Waals surface area contributed by atoms with Gasteiger partial charge in [-0.2, -0.15) is 0 Å². The van der Waals surface area contributed by atoms with Crippen LogP contribution < -0.4 is 5.32 Å². The summed E-state index contributed by atoms with van der Waals surface area (Å²) in [5.41, 5.74) is 2.14. The van der Waals surface area contributed by atoms with Gasteiger partial charge in [0.15, 0.2) is 0 Å². The largest absolute Gasteiger partial charge is 0.351 e. The first-order valence-corrected chi connectivity index (χ1v) is 9.38. The van der Waals surface area contributed by atoms with Crippen molar-refractivity contribution in [3.05, 3.63) is 64.9 Å². The van der Waals surface area contributed by atoms with Crippen LogP contribution in [0, 0.1) is 0 Å². The van der Waals surface area contributed by atoms with E-state index in [9.17, 15) is 4.79 Å². The van der Waals surface area contributed by atoms with Crippen molar-refractivity contribution in [3.63, 3.8) is 0 Å². The van der Waals surface area contributed by atoms with Gasteiger partial charge in [-0.25, -0.2) is 0 Å². The van der Waals surface area contributed by atoms with Crippen molar-refractivity contribution in [2.75, 3.05) is 26.2 Å². The summed E-state index contributed by atoms with van der Waals surface area (Å²) in [7, 11) is 0. The maximum atomic E-state index is 12.5. The minimum absolute atomic E-state index is 0.0677. The van der Waals surface area contributed by atoms with Crippen LogP contribution in [0.4, 0.5) is 0 Å². The number of nitrogens with zero attached hydrogens (tertiary/aromatic N) is 3. The molecule has 1 N–H and O–H groups in total. The predicted octanol–water partition coefficient (Wildman–Crippen LogP) is 2.56. The molecular weight excluding hydrogens is 348 g/mol. The number of rotatable bonds is 6. The van der Waals surface area contributed by atoms with Crippen molar-refractivity contribution in [3.8, 4) is 0 Å². The summed E-state index contributed by atoms with van der Waals surface area (Å²) in [6, 6.07) is 13.4. The third kappa shape index (κ3) is 5.27. The molecule has 1 atom stereocenters. The van der Waals surface area contributed by atoms with Crippen molar-refractivity contribution in [2.45, 2.75) is 26.1 Å². The Hall–Kier alpha value is -1.95. The van der Waals surface area contributed by atoms with Gasteiger partial charge in [0, 0.05) is 50.5 Å². The van der Waals surface area contributed by atoms with E-state index in [-0.39, 0.29) is 11.9 Å². The molecule has 1 aromatic heterocycles. The third-order valence-electron chi connectivity index (χ3n) is 4.83. The molecule has 1 amide bonds. The van der Waals surface area contributed by atoms with E-state index in [4.69, 9.17) is 11.6 Å². The first-order valence-electron chi connectivity index (χ1n) is 9.00. The lowest BCUT2D eigenvalue weighted by atomic mass is 10.2. The summed E-state index contributed by atoms with van der Waals surface area (Å²) in [4.78, 5) is 21.5. The van der Waals surface area contributed by atoms with Crippen LogP contribution in [0.25, 0.3) is 0 Å². The monoisotopic (exact) mass is 372 g/mol. The molecule has 1 fully saturated rings. The molecule has 1 aromatic carbocycles. The number of benzene rings is 1. The summed E-state index contributed by atoms with van der Waals surface area (Å²) in [6.45, 7) is 7.05. The van der Waals surface area contributed by atoms with Crippen LogP contribution in [0.1, 0.15) is 18.2 Å². The topological polar surface area (TPSA) is 48.5 Å². The van der Waals surface area contributed by atoms with Crippen molar-refractivity contribution >= 4 is 17.5 Å². The van der Waals surface area contributed by atoms with Gasteiger partial charge in [-0.3, -0.25) is 19.6 Å². The molecule has 1 saturated heterocycles. The maximum absolute atomic E-state index is 12.5. The van der Waals surface area contributed by atoms with Crippen LogP contribution in [-0.2, 0) is 17.9 Å². The van der Waals surface area contributed by atoms with Gasteiger partial charge in [0.1, 0.15) is 0 Å². The van der Waals surface area contributed by atoms with E-state index >= 15 is 0 Å². The van der Waals surface area contributed by atoms with E-state index < -0.39 is 0 Å². The molecule has 26 heavy (non-hydrogen) atoms. The molecule has 6 heteroatoms. The van der Waals surface area contributed by atoms with Gasteiger partial charge in [-0.15, -0.1) is 0 Å². The zero-order chi connectivity index (χ0) is 18.4. The Bertz CT molecular complexity index is 700. The number of hydrogen-bond acceptors (Lipinski definition) is 4. The number of amides is 1. The van der Waals surface area contributed by atoms with E-state index in [1.807, 2.05) is 49.5 Å². The Labute approximate surface area is 160 Å². The van der Waals surface area contributed by atoms with Gasteiger partial charge >= 0.3 is 0 Å². The van der Waals surface area contributed by atoms with Crippen LogP contribution in [0.15, 0.2) is 48.7 Å². The summed E-state index contributed by atoms with van der Waals surface area (Å²) in [5.74, 6) is 0.0677. The molecule has 0 aliphatic carbocycles. The molecule has 1 unspecified atom stereocenters. The lowest BCUT2D eigenvalue weighted by molar-refractivity contribution is -0.126. The highest BCUT2D eigenvalue weighted by molar-refractivity contribution is 6.30. The second-order valence-corrected chi connectivity index (χ2v) is 7.09. The van der Waals surface area contributed by atoms with Crippen LogP contribution >= 0.6 is 11.6 Å². The van der Waals surface area contributed by atoms with E-state index in [0.717, 1.165) is 44.0 Å². The highest BCUT2D eigenvalue weighted by Crippen LogP contribution is 2.11. The lowest BCUT2D eigenvalue weighted by Gasteiger charge is -2.37. The maximum Gasteiger partial charge on any atom is 0.237 e. The van der Waals surface area contributed by atoms with Gasteiger partial charge in [0.2, 0.25) is 5.91 Å². The third-order valence-corrected chi connectivity index (χ3v) is 5.08. The molecule has 0 bridgehead atoms. The highest BCUT2D eigenvalue weighted by Gasteiger charge is 2.25. The molecule has 1 aliphatic rings. The molecule has 0 saturated carbocycles. The zero-order valence-corrected chi connectivity index (χ0v) is 15.8. The molecule has 0 radical (unpaired) electrons. The molecule has 2 aromatic rings.